The Morgan fingerprint density at radius 1 is 1.00 bits per heavy atom. The first-order valence-electron chi connectivity index (χ1n) is 8.92. The molecule has 0 aliphatic rings. The number of aromatic nitrogens is 1. The molecular weight excluding hydrogens is 372 g/mol. The number of amides is 1. The number of hydrogen-bond donors (Lipinski definition) is 1. The molecule has 4 aromatic rings. The molecule has 1 N–H and O–H groups in total. The molecule has 1 aromatic heterocycles. The molecule has 0 unspecified atom stereocenters. The van der Waals surface area contributed by atoms with Gasteiger partial charge >= 0.3 is 0 Å². The van der Waals surface area contributed by atoms with E-state index < -0.39 is 0 Å². The fraction of sp³-hybridized carbons (Fsp3) is 0.0870. The predicted molar refractivity (Wildman–Crippen MR) is 113 cm³/mol. The third-order valence-corrected chi connectivity index (χ3v) is 4.90. The molecule has 1 amide bonds. The number of nitrogens with one attached hydrogen (secondary N) is 1. The Morgan fingerprint density at radius 2 is 1.71 bits per heavy atom. The molecule has 1 heterocycles. The van der Waals surface area contributed by atoms with Gasteiger partial charge in [-0.05, 0) is 48.0 Å². The van der Waals surface area contributed by atoms with Gasteiger partial charge in [-0.3, -0.25) is 4.79 Å². The average Bonchev–Trinajstić information content (AvgIpc) is 3.09. The summed E-state index contributed by atoms with van der Waals surface area (Å²) in [5.74, 6) is 0.605. The summed E-state index contributed by atoms with van der Waals surface area (Å²) >= 11 is 5.98. The number of para-hydroxylation sites is 1. The first kappa shape index (κ1) is 18.1. The molecule has 0 saturated carbocycles. The maximum absolute atomic E-state index is 12.9. The highest BCUT2D eigenvalue weighted by molar-refractivity contribution is 6.30. The lowest BCUT2D eigenvalue weighted by atomic mass is 10.1. The van der Waals surface area contributed by atoms with Crippen LogP contribution >= 0.6 is 11.6 Å². The third-order valence-electron chi connectivity index (χ3n) is 4.65. The highest BCUT2D eigenvalue weighted by Crippen LogP contribution is 2.24. The van der Waals surface area contributed by atoms with Crippen molar-refractivity contribution in [1.29, 1.82) is 0 Å². The summed E-state index contributed by atoms with van der Waals surface area (Å²) < 4.78 is 7.24. The van der Waals surface area contributed by atoms with E-state index in [0.717, 1.165) is 27.9 Å². The highest BCUT2D eigenvalue weighted by Gasteiger charge is 2.15. The molecule has 5 heteroatoms. The van der Waals surface area contributed by atoms with E-state index in [0.29, 0.717) is 17.1 Å². The maximum Gasteiger partial charge on any atom is 0.257 e. The van der Waals surface area contributed by atoms with Gasteiger partial charge in [0.05, 0.1) is 12.7 Å². The molecule has 0 radical (unpaired) electrons. The number of carbonyl (C=O) groups is 1. The molecule has 140 valence electrons. The van der Waals surface area contributed by atoms with Gasteiger partial charge in [0, 0.05) is 34.4 Å². The van der Waals surface area contributed by atoms with Gasteiger partial charge in [0.15, 0.2) is 0 Å². The van der Waals surface area contributed by atoms with Crippen LogP contribution < -0.4 is 10.1 Å². The van der Waals surface area contributed by atoms with Crippen LogP contribution in [0.1, 0.15) is 15.9 Å². The van der Waals surface area contributed by atoms with E-state index in [2.05, 4.69) is 9.88 Å². The van der Waals surface area contributed by atoms with E-state index in [1.165, 1.54) is 0 Å². The van der Waals surface area contributed by atoms with Crippen molar-refractivity contribution >= 4 is 34.1 Å². The Balaban J connectivity index is 1.64. The number of benzene rings is 3. The molecule has 4 nitrogen and oxygen atoms in total. The van der Waals surface area contributed by atoms with Crippen molar-refractivity contribution in [2.24, 2.45) is 0 Å². The van der Waals surface area contributed by atoms with Gasteiger partial charge < -0.3 is 14.6 Å². The first-order valence-corrected chi connectivity index (χ1v) is 9.29. The van der Waals surface area contributed by atoms with E-state index in [1.807, 2.05) is 79.0 Å². The molecule has 4 rings (SSSR count). The quantitative estimate of drug-likeness (QED) is 0.481. The van der Waals surface area contributed by atoms with Gasteiger partial charge in [0.2, 0.25) is 0 Å². The SMILES string of the molecule is COc1ccc(NC(=O)c2cn(Cc3ccc(Cl)cc3)c3ccccc23)cc1. The standard InChI is InChI=1S/C23H19ClN2O2/c1-28-19-12-10-18(11-13-19)25-23(27)21-15-26(22-5-3-2-4-20(21)22)14-16-6-8-17(24)9-7-16/h2-13,15H,14H2,1H3,(H,25,27). The molecule has 0 aliphatic carbocycles. The minimum absolute atomic E-state index is 0.142. The summed E-state index contributed by atoms with van der Waals surface area (Å²) in [5.41, 5.74) is 3.49. The van der Waals surface area contributed by atoms with Crippen molar-refractivity contribution < 1.29 is 9.53 Å². The predicted octanol–water partition coefficient (Wildman–Crippen LogP) is 5.60. The zero-order valence-corrected chi connectivity index (χ0v) is 16.1. The van der Waals surface area contributed by atoms with Crippen molar-refractivity contribution in [2.45, 2.75) is 6.54 Å². The number of rotatable bonds is 5. The smallest absolute Gasteiger partial charge is 0.257 e. The van der Waals surface area contributed by atoms with Crippen molar-refractivity contribution in [3.63, 3.8) is 0 Å². The number of halogens is 1. The second-order valence-electron chi connectivity index (χ2n) is 6.50. The van der Waals surface area contributed by atoms with E-state index >= 15 is 0 Å². The molecule has 0 spiro atoms. The Hall–Kier alpha value is -3.24. The minimum atomic E-state index is -0.142. The second kappa shape index (κ2) is 7.79. The van der Waals surface area contributed by atoms with Gasteiger partial charge in [-0.15, -0.1) is 0 Å². The topological polar surface area (TPSA) is 43.3 Å². The summed E-state index contributed by atoms with van der Waals surface area (Å²) in [7, 11) is 1.61. The summed E-state index contributed by atoms with van der Waals surface area (Å²) in [5, 5.41) is 4.59. The van der Waals surface area contributed by atoms with Gasteiger partial charge in [0.1, 0.15) is 5.75 Å². The summed E-state index contributed by atoms with van der Waals surface area (Å²) in [6.45, 7) is 0.660. The number of methoxy groups -OCH3 is 1. The molecular formula is C23H19ClN2O2. The van der Waals surface area contributed by atoms with Crippen LogP contribution in [0, 0.1) is 0 Å². The second-order valence-corrected chi connectivity index (χ2v) is 6.93. The Labute approximate surface area is 168 Å². The number of ether oxygens (including phenoxy) is 1. The van der Waals surface area contributed by atoms with Gasteiger partial charge in [-0.1, -0.05) is 41.9 Å². The lowest BCUT2D eigenvalue weighted by molar-refractivity contribution is 0.102. The lowest BCUT2D eigenvalue weighted by Gasteiger charge is -2.06. The molecule has 0 saturated heterocycles. The minimum Gasteiger partial charge on any atom is -0.497 e. The van der Waals surface area contributed by atoms with Crippen molar-refractivity contribution in [1.82, 2.24) is 4.57 Å². The number of fused-ring (bicyclic) bond motifs is 1. The molecule has 0 bridgehead atoms. The number of nitrogens with zero attached hydrogens (tertiary/aromatic N) is 1. The average molecular weight is 391 g/mol. The van der Waals surface area contributed by atoms with E-state index in [9.17, 15) is 4.79 Å². The molecule has 0 aliphatic heterocycles. The van der Waals surface area contributed by atoms with E-state index in [1.54, 1.807) is 7.11 Å². The summed E-state index contributed by atoms with van der Waals surface area (Å²) in [4.78, 5) is 12.9. The van der Waals surface area contributed by atoms with Gasteiger partial charge in [0.25, 0.3) is 5.91 Å². The maximum atomic E-state index is 12.9. The third kappa shape index (κ3) is 3.73. The van der Waals surface area contributed by atoms with Gasteiger partial charge in [-0.2, -0.15) is 0 Å². The number of hydrogen-bond acceptors (Lipinski definition) is 2. The van der Waals surface area contributed by atoms with Crippen LogP contribution in [0.5, 0.6) is 5.75 Å². The van der Waals surface area contributed by atoms with Crippen LogP contribution in [0.3, 0.4) is 0 Å². The van der Waals surface area contributed by atoms with Crippen LogP contribution in [-0.2, 0) is 6.54 Å². The van der Waals surface area contributed by atoms with Crippen LogP contribution in [-0.4, -0.2) is 17.6 Å². The van der Waals surface area contributed by atoms with Crippen LogP contribution in [0.15, 0.2) is 79.0 Å². The normalized spacial score (nSPS) is 10.8. The van der Waals surface area contributed by atoms with Crippen molar-refractivity contribution in [3.8, 4) is 5.75 Å². The van der Waals surface area contributed by atoms with Crippen molar-refractivity contribution in [2.75, 3.05) is 12.4 Å². The van der Waals surface area contributed by atoms with Crippen LogP contribution in [0.2, 0.25) is 5.02 Å². The van der Waals surface area contributed by atoms with Gasteiger partial charge in [-0.25, -0.2) is 0 Å². The Kier molecular flexibility index (Phi) is 5.04. The summed E-state index contributed by atoms with van der Waals surface area (Å²) in [6, 6.07) is 22.9. The largest absolute Gasteiger partial charge is 0.497 e. The fourth-order valence-corrected chi connectivity index (χ4v) is 3.34. The van der Waals surface area contributed by atoms with Crippen LogP contribution in [0.25, 0.3) is 10.9 Å². The molecule has 0 atom stereocenters. The zero-order valence-electron chi connectivity index (χ0n) is 15.4. The fourth-order valence-electron chi connectivity index (χ4n) is 3.22. The van der Waals surface area contributed by atoms with E-state index in [-0.39, 0.29) is 5.91 Å². The van der Waals surface area contributed by atoms with E-state index in [4.69, 9.17) is 16.3 Å². The molecule has 28 heavy (non-hydrogen) atoms. The highest BCUT2D eigenvalue weighted by atomic mass is 35.5. The van der Waals surface area contributed by atoms with Crippen molar-refractivity contribution in [3.05, 3.63) is 95.1 Å². The Bertz CT molecular complexity index is 1120. The molecule has 0 fully saturated rings. The number of anilines is 1. The number of carbonyl (C=O) groups excluding carboxylic acids is 1. The zero-order chi connectivity index (χ0) is 19.5. The Morgan fingerprint density at radius 3 is 2.43 bits per heavy atom. The summed E-state index contributed by atoms with van der Waals surface area (Å²) in [6.07, 6.45) is 1.90. The lowest BCUT2D eigenvalue weighted by Crippen LogP contribution is -2.11. The molecule has 3 aromatic carbocycles. The monoisotopic (exact) mass is 390 g/mol. The first-order chi connectivity index (χ1) is 13.6. The van der Waals surface area contributed by atoms with Crippen LogP contribution in [0.4, 0.5) is 5.69 Å².